The number of hydrogen-bond acceptors (Lipinski definition) is 3. The third-order valence-corrected chi connectivity index (χ3v) is 5.21. The number of amides is 1. The predicted molar refractivity (Wildman–Crippen MR) is 87.3 cm³/mol. The van der Waals surface area contributed by atoms with E-state index in [0.717, 1.165) is 19.1 Å². The minimum atomic E-state index is 0.110. The van der Waals surface area contributed by atoms with Crippen molar-refractivity contribution in [1.82, 2.24) is 14.7 Å². The summed E-state index contributed by atoms with van der Waals surface area (Å²) in [4.78, 5) is 19.1. The van der Waals surface area contributed by atoms with Crippen LogP contribution in [-0.4, -0.2) is 71.5 Å². The normalized spacial score (nSPS) is 23.4. The van der Waals surface area contributed by atoms with Crippen LogP contribution in [0.1, 0.15) is 47.5 Å². The Kier molecular flexibility index (Phi) is 4.99. The molecule has 0 saturated carbocycles. The lowest BCUT2D eigenvalue weighted by Crippen LogP contribution is -2.64. The maximum Gasteiger partial charge on any atom is 0.225 e. The highest BCUT2D eigenvalue weighted by Gasteiger charge is 2.38. The first kappa shape index (κ1) is 16.8. The molecule has 0 radical (unpaired) electrons. The zero-order valence-corrected chi connectivity index (χ0v) is 14.7. The zero-order chi connectivity index (χ0) is 15.8. The molecule has 2 saturated heterocycles. The van der Waals surface area contributed by atoms with Gasteiger partial charge in [0.15, 0.2) is 0 Å². The smallest absolute Gasteiger partial charge is 0.225 e. The van der Waals surface area contributed by atoms with Gasteiger partial charge in [-0.3, -0.25) is 14.6 Å². The molecule has 2 aliphatic heterocycles. The van der Waals surface area contributed by atoms with Gasteiger partial charge in [-0.15, -0.1) is 0 Å². The monoisotopic (exact) mass is 295 g/mol. The van der Waals surface area contributed by atoms with Crippen molar-refractivity contribution in [3.63, 3.8) is 0 Å². The molecule has 0 aromatic rings. The fraction of sp³-hybridized carbons (Fsp3) is 0.941. The van der Waals surface area contributed by atoms with E-state index in [-0.39, 0.29) is 11.8 Å². The minimum absolute atomic E-state index is 0.110. The Morgan fingerprint density at radius 1 is 1.14 bits per heavy atom. The first-order valence-electron chi connectivity index (χ1n) is 8.46. The van der Waals surface area contributed by atoms with Gasteiger partial charge in [-0.25, -0.2) is 0 Å². The Hall–Kier alpha value is -0.610. The van der Waals surface area contributed by atoms with Crippen LogP contribution in [0.5, 0.6) is 0 Å². The number of nitrogens with zero attached hydrogens (tertiary/aromatic N) is 3. The van der Waals surface area contributed by atoms with Crippen LogP contribution in [-0.2, 0) is 4.79 Å². The molecule has 0 spiro atoms. The van der Waals surface area contributed by atoms with Gasteiger partial charge in [0.25, 0.3) is 0 Å². The van der Waals surface area contributed by atoms with E-state index in [1.54, 1.807) is 0 Å². The van der Waals surface area contributed by atoms with E-state index in [4.69, 9.17) is 0 Å². The summed E-state index contributed by atoms with van der Waals surface area (Å²) in [6.45, 7) is 15.4. The fourth-order valence-corrected chi connectivity index (χ4v) is 3.52. The summed E-state index contributed by atoms with van der Waals surface area (Å²) in [5.41, 5.74) is 0.298. The first-order chi connectivity index (χ1) is 9.70. The highest BCUT2D eigenvalue weighted by atomic mass is 16.2. The molecule has 0 atom stereocenters. The number of carbonyl (C=O) groups is 1. The summed E-state index contributed by atoms with van der Waals surface area (Å²) in [5, 5.41) is 0. The number of hydrogen-bond donors (Lipinski definition) is 0. The van der Waals surface area contributed by atoms with Gasteiger partial charge in [0.2, 0.25) is 5.91 Å². The van der Waals surface area contributed by atoms with Crippen LogP contribution in [0.25, 0.3) is 0 Å². The van der Waals surface area contributed by atoms with Crippen molar-refractivity contribution in [2.24, 2.45) is 5.92 Å². The van der Waals surface area contributed by atoms with Crippen molar-refractivity contribution in [3.8, 4) is 0 Å². The van der Waals surface area contributed by atoms with Gasteiger partial charge < -0.3 is 4.90 Å². The molecule has 0 unspecified atom stereocenters. The van der Waals surface area contributed by atoms with Gasteiger partial charge in [-0.1, -0.05) is 13.8 Å². The third-order valence-electron chi connectivity index (χ3n) is 5.21. The molecular weight excluding hydrogens is 262 g/mol. The average molecular weight is 295 g/mol. The van der Waals surface area contributed by atoms with Gasteiger partial charge in [0.1, 0.15) is 0 Å². The molecular formula is C17H33N3O. The van der Waals surface area contributed by atoms with Crippen LogP contribution in [0.4, 0.5) is 0 Å². The van der Waals surface area contributed by atoms with Crippen molar-refractivity contribution >= 4 is 5.91 Å². The van der Waals surface area contributed by atoms with Crippen molar-refractivity contribution in [1.29, 1.82) is 0 Å². The number of carbonyl (C=O) groups excluding carboxylic acids is 1. The first-order valence-corrected chi connectivity index (χ1v) is 8.46. The van der Waals surface area contributed by atoms with E-state index in [9.17, 15) is 4.79 Å². The highest BCUT2D eigenvalue weighted by molar-refractivity contribution is 5.78. The van der Waals surface area contributed by atoms with E-state index < -0.39 is 0 Å². The average Bonchev–Trinajstić information content (AvgIpc) is 2.35. The Morgan fingerprint density at radius 2 is 1.67 bits per heavy atom. The largest absolute Gasteiger partial charge is 0.340 e. The summed E-state index contributed by atoms with van der Waals surface area (Å²) in [5.74, 6) is 0.390. The summed E-state index contributed by atoms with van der Waals surface area (Å²) in [6, 6.07) is 1.16. The molecule has 4 heteroatoms. The number of likely N-dealkylation sites (N-methyl/N-ethyl adjacent to an activating group) is 1. The SMILES string of the molecule is CC(C)C(=O)N(C)C1CN(C2CCN(C(C)(C)C)CC2)C1. The van der Waals surface area contributed by atoms with E-state index in [1.807, 2.05) is 25.8 Å². The lowest BCUT2D eigenvalue weighted by atomic mass is 9.93. The quantitative estimate of drug-likeness (QED) is 0.797. The van der Waals surface area contributed by atoms with Crippen molar-refractivity contribution < 1.29 is 4.79 Å². The second-order valence-electron chi connectivity index (χ2n) is 8.10. The molecule has 0 N–H and O–H groups in total. The molecule has 0 aromatic carbocycles. The molecule has 2 rings (SSSR count). The third kappa shape index (κ3) is 3.78. The lowest BCUT2D eigenvalue weighted by molar-refractivity contribution is -0.139. The molecule has 2 fully saturated rings. The summed E-state index contributed by atoms with van der Waals surface area (Å²) < 4.78 is 0. The lowest BCUT2D eigenvalue weighted by Gasteiger charge is -2.51. The molecule has 1 amide bonds. The van der Waals surface area contributed by atoms with Gasteiger partial charge >= 0.3 is 0 Å². The summed E-state index contributed by atoms with van der Waals surface area (Å²) in [7, 11) is 1.96. The molecule has 122 valence electrons. The summed E-state index contributed by atoms with van der Waals surface area (Å²) >= 11 is 0. The number of piperidine rings is 1. The van der Waals surface area contributed by atoms with Crippen molar-refractivity contribution in [3.05, 3.63) is 0 Å². The molecule has 21 heavy (non-hydrogen) atoms. The van der Waals surface area contributed by atoms with Crippen LogP contribution in [0.2, 0.25) is 0 Å². The fourth-order valence-electron chi connectivity index (χ4n) is 3.52. The standard InChI is InChI=1S/C17H33N3O/c1-13(2)16(21)18(6)15-11-19(12-15)14-7-9-20(10-8-14)17(3,4)5/h13-15H,7-12H2,1-6H3. The molecule has 2 heterocycles. The van der Waals surface area contributed by atoms with E-state index in [1.165, 1.54) is 25.9 Å². The van der Waals surface area contributed by atoms with Gasteiger partial charge in [-0.2, -0.15) is 0 Å². The summed E-state index contributed by atoms with van der Waals surface area (Å²) in [6.07, 6.45) is 2.54. The molecule has 2 aliphatic rings. The molecule has 0 aliphatic carbocycles. The topological polar surface area (TPSA) is 26.8 Å². The van der Waals surface area contributed by atoms with E-state index in [0.29, 0.717) is 11.6 Å². The van der Waals surface area contributed by atoms with E-state index >= 15 is 0 Å². The number of rotatable bonds is 3. The highest BCUT2D eigenvalue weighted by Crippen LogP contribution is 2.27. The van der Waals surface area contributed by atoms with Crippen LogP contribution < -0.4 is 0 Å². The second-order valence-corrected chi connectivity index (χ2v) is 8.10. The Morgan fingerprint density at radius 3 is 2.10 bits per heavy atom. The van der Waals surface area contributed by atoms with Gasteiger partial charge in [0.05, 0.1) is 6.04 Å². The van der Waals surface area contributed by atoms with E-state index in [2.05, 4.69) is 30.6 Å². The van der Waals surface area contributed by atoms with Crippen LogP contribution in [0.3, 0.4) is 0 Å². The van der Waals surface area contributed by atoms with Crippen LogP contribution in [0.15, 0.2) is 0 Å². The molecule has 4 nitrogen and oxygen atoms in total. The molecule has 0 aromatic heterocycles. The number of likely N-dealkylation sites (tertiary alicyclic amines) is 2. The second kappa shape index (κ2) is 6.25. The minimum Gasteiger partial charge on any atom is -0.340 e. The molecule has 0 bridgehead atoms. The Bertz CT molecular complexity index is 361. The maximum atomic E-state index is 12.0. The Balaban J connectivity index is 1.75. The van der Waals surface area contributed by atoms with Crippen molar-refractivity contribution in [2.75, 3.05) is 33.2 Å². The van der Waals surface area contributed by atoms with Gasteiger partial charge in [-0.05, 0) is 33.6 Å². The van der Waals surface area contributed by atoms with Crippen LogP contribution >= 0.6 is 0 Å². The van der Waals surface area contributed by atoms with Crippen molar-refractivity contribution in [2.45, 2.75) is 65.1 Å². The zero-order valence-electron chi connectivity index (χ0n) is 14.7. The predicted octanol–water partition coefficient (Wildman–Crippen LogP) is 2.05. The van der Waals surface area contributed by atoms with Crippen LogP contribution in [0, 0.1) is 5.92 Å². The maximum absolute atomic E-state index is 12.0. The van der Waals surface area contributed by atoms with Gasteiger partial charge in [0, 0.05) is 50.7 Å². The Labute approximate surface area is 130 Å².